The number of aromatic nitrogens is 1. The van der Waals surface area contributed by atoms with Gasteiger partial charge in [-0.2, -0.15) is 0 Å². The molecule has 0 radical (unpaired) electrons. The molecule has 1 aromatic carbocycles. The summed E-state index contributed by atoms with van der Waals surface area (Å²) in [6, 6.07) is 8.34. The summed E-state index contributed by atoms with van der Waals surface area (Å²) in [6.07, 6.45) is 1.76. The van der Waals surface area contributed by atoms with Gasteiger partial charge in [-0.15, -0.1) is 24.0 Å². The molecule has 0 aliphatic carbocycles. The Morgan fingerprint density at radius 3 is 2.66 bits per heavy atom. The first-order valence-electron chi connectivity index (χ1n) is 9.89. The van der Waals surface area contributed by atoms with E-state index in [1.165, 1.54) is 16.6 Å². The van der Waals surface area contributed by atoms with E-state index in [2.05, 4.69) is 45.7 Å². The van der Waals surface area contributed by atoms with Gasteiger partial charge in [-0.05, 0) is 38.3 Å². The molecular formula is C21H34IN5O2. The van der Waals surface area contributed by atoms with E-state index in [4.69, 9.17) is 4.74 Å². The Balaban J connectivity index is 0.00000420. The summed E-state index contributed by atoms with van der Waals surface area (Å²) in [5.41, 5.74) is 3.66. The lowest BCUT2D eigenvalue weighted by molar-refractivity contribution is -0.127. The number of likely N-dealkylation sites (N-methyl/N-ethyl adjacent to an activating group) is 1. The number of carbonyl (C=O) groups is 1. The van der Waals surface area contributed by atoms with Gasteiger partial charge < -0.3 is 25.3 Å². The highest BCUT2D eigenvalue weighted by Crippen LogP contribution is 2.21. The van der Waals surface area contributed by atoms with Crippen LogP contribution in [-0.2, 0) is 16.0 Å². The fourth-order valence-corrected chi connectivity index (χ4v) is 2.95. The van der Waals surface area contributed by atoms with Crippen molar-refractivity contribution in [1.29, 1.82) is 0 Å². The number of benzene rings is 1. The van der Waals surface area contributed by atoms with E-state index in [-0.39, 0.29) is 36.4 Å². The quantitative estimate of drug-likeness (QED) is 0.197. The molecule has 8 heteroatoms. The minimum Gasteiger partial charge on any atom is -0.382 e. The van der Waals surface area contributed by atoms with Crippen molar-refractivity contribution >= 4 is 46.7 Å². The SMILES string of the molecule is CCOCCCNC(=NCC(=O)N(C)C)NCCc1c(C)[nH]c2ccccc12.I. The number of amides is 1. The largest absolute Gasteiger partial charge is 0.382 e. The van der Waals surface area contributed by atoms with Crippen LogP contribution in [0.2, 0.25) is 0 Å². The zero-order valence-corrected chi connectivity index (χ0v) is 20.2. The molecule has 0 aliphatic rings. The van der Waals surface area contributed by atoms with Gasteiger partial charge in [-0.3, -0.25) is 4.79 Å². The van der Waals surface area contributed by atoms with Gasteiger partial charge in [0.15, 0.2) is 5.96 Å². The van der Waals surface area contributed by atoms with Crippen LogP contribution in [0.4, 0.5) is 0 Å². The molecule has 0 aliphatic heterocycles. The molecule has 1 aromatic heterocycles. The lowest BCUT2D eigenvalue weighted by Gasteiger charge is -2.14. The molecule has 162 valence electrons. The summed E-state index contributed by atoms with van der Waals surface area (Å²) in [7, 11) is 3.47. The second-order valence-corrected chi connectivity index (χ2v) is 6.88. The average molecular weight is 515 g/mol. The van der Waals surface area contributed by atoms with Crippen LogP contribution < -0.4 is 10.6 Å². The van der Waals surface area contributed by atoms with Crippen LogP contribution in [0.1, 0.15) is 24.6 Å². The van der Waals surface area contributed by atoms with Crippen LogP contribution in [0, 0.1) is 6.92 Å². The van der Waals surface area contributed by atoms with E-state index in [1.807, 2.05) is 13.0 Å². The number of nitrogens with zero attached hydrogens (tertiary/aromatic N) is 2. The molecule has 1 amide bonds. The standard InChI is InChI=1S/C21H33N5O2.HI/c1-5-28-14-8-12-22-21(24-15-20(27)26(3)4)23-13-11-17-16(2)25-19-10-7-6-9-18(17)19;/h6-7,9-10,25H,5,8,11-15H2,1-4H3,(H2,22,23,24);1H. The van der Waals surface area contributed by atoms with Crippen molar-refractivity contribution in [1.82, 2.24) is 20.5 Å². The number of rotatable bonds is 10. The molecule has 0 spiro atoms. The molecule has 1 heterocycles. The minimum absolute atomic E-state index is 0. The first kappa shape index (κ1) is 25.2. The number of H-pyrrole nitrogens is 1. The number of carbonyl (C=O) groups excluding carboxylic acids is 1. The Labute approximate surface area is 190 Å². The molecule has 2 aromatic rings. The van der Waals surface area contributed by atoms with E-state index in [0.29, 0.717) is 12.6 Å². The Bertz CT molecular complexity index is 788. The summed E-state index contributed by atoms with van der Waals surface area (Å²) in [5.74, 6) is 0.632. The first-order valence-corrected chi connectivity index (χ1v) is 9.89. The van der Waals surface area contributed by atoms with Crippen LogP contribution >= 0.6 is 24.0 Å². The fraction of sp³-hybridized carbons (Fsp3) is 0.524. The number of aromatic amines is 1. The number of hydrogen-bond acceptors (Lipinski definition) is 3. The van der Waals surface area contributed by atoms with Crippen molar-refractivity contribution in [2.75, 3.05) is 46.9 Å². The predicted octanol–water partition coefficient (Wildman–Crippen LogP) is 2.69. The molecule has 3 N–H and O–H groups in total. The van der Waals surface area contributed by atoms with Crippen molar-refractivity contribution < 1.29 is 9.53 Å². The van der Waals surface area contributed by atoms with Crippen molar-refractivity contribution in [2.45, 2.75) is 26.7 Å². The third-order valence-corrected chi connectivity index (χ3v) is 4.53. The van der Waals surface area contributed by atoms with E-state index < -0.39 is 0 Å². The lowest BCUT2D eigenvalue weighted by atomic mass is 10.1. The molecule has 0 saturated heterocycles. The van der Waals surface area contributed by atoms with E-state index >= 15 is 0 Å². The number of para-hydroxylation sites is 1. The van der Waals surface area contributed by atoms with Crippen LogP contribution in [0.3, 0.4) is 0 Å². The van der Waals surface area contributed by atoms with Crippen molar-refractivity contribution in [3.05, 3.63) is 35.5 Å². The van der Waals surface area contributed by atoms with Gasteiger partial charge in [0.25, 0.3) is 0 Å². The third-order valence-electron chi connectivity index (χ3n) is 4.53. The van der Waals surface area contributed by atoms with Gasteiger partial charge in [0, 0.05) is 57.0 Å². The average Bonchev–Trinajstić information content (AvgIpc) is 3.00. The summed E-state index contributed by atoms with van der Waals surface area (Å²) in [5, 5.41) is 7.89. The molecule has 2 rings (SSSR count). The summed E-state index contributed by atoms with van der Waals surface area (Å²) in [4.78, 5) is 21.3. The van der Waals surface area contributed by atoms with Gasteiger partial charge in [-0.25, -0.2) is 4.99 Å². The van der Waals surface area contributed by atoms with Gasteiger partial charge >= 0.3 is 0 Å². The molecule has 0 saturated carbocycles. The van der Waals surface area contributed by atoms with E-state index in [0.717, 1.165) is 38.1 Å². The van der Waals surface area contributed by atoms with Crippen LogP contribution in [0.5, 0.6) is 0 Å². The maximum absolute atomic E-state index is 11.9. The number of aryl methyl sites for hydroxylation is 1. The monoisotopic (exact) mass is 515 g/mol. The Kier molecular flexibility index (Phi) is 11.7. The molecule has 29 heavy (non-hydrogen) atoms. The van der Waals surface area contributed by atoms with Crippen LogP contribution in [0.15, 0.2) is 29.3 Å². The van der Waals surface area contributed by atoms with Crippen molar-refractivity contribution in [2.24, 2.45) is 4.99 Å². The van der Waals surface area contributed by atoms with Crippen molar-refractivity contribution in [3.8, 4) is 0 Å². The first-order chi connectivity index (χ1) is 13.5. The zero-order chi connectivity index (χ0) is 20.4. The number of aliphatic imine (C=N–C) groups is 1. The van der Waals surface area contributed by atoms with Crippen LogP contribution in [0.25, 0.3) is 10.9 Å². The van der Waals surface area contributed by atoms with Gasteiger partial charge in [-0.1, -0.05) is 18.2 Å². The third kappa shape index (κ3) is 8.22. The number of guanidine groups is 1. The number of halogens is 1. The zero-order valence-electron chi connectivity index (χ0n) is 17.9. The molecular weight excluding hydrogens is 481 g/mol. The predicted molar refractivity (Wildman–Crippen MR) is 130 cm³/mol. The van der Waals surface area contributed by atoms with Crippen LogP contribution in [-0.4, -0.2) is 68.7 Å². The summed E-state index contributed by atoms with van der Waals surface area (Å²) >= 11 is 0. The number of fused-ring (bicyclic) bond motifs is 1. The maximum atomic E-state index is 11.9. The lowest BCUT2D eigenvalue weighted by Crippen LogP contribution is -2.40. The molecule has 0 bridgehead atoms. The fourth-order valence-electron chi connectivity index (χ4n) is 2.95. The van der Waals surface area contributed by atoms with Gasteiger partial charge in [0.2, 0.25) is 5.91 Å². The summed E-state index contributed by atoms with van der Waals surface area (Å²) in [6.45, 7) is 7.13. The molecule has 0 unspecified atom stereocenters. The van der Waals surface area contributed by atoms with E-state index in [1.54, 1.807) is 19.0 Å². The number of hydrogen-bond donors (Lipinski definition) is 3. The second kappa shape index (κ2) is 13.4. The smallest absolute Gasteiger partial charge is 0.243 e. The highest BCUT2D eigenvalue weighted by molar-refractivity contribution is 14.0. The molecule has 0 atom stereocenters. The molecule has 7 nitrogen and oxygen atoms in total. The van der Waals surface area contributed by atoms with E-state index in [9.17, 15) is 4.79 Å². The highest BCUT2D eigenvalue weighted by Gasteiger charge is 2.09. The Morgan fingerprint density at radius 1 is 1.21 bits per heavy atom. The minimum atomic E-state index is -0.0251. The second-order valence-electron chi connectivity index (χ2n) is 6.88. The highest BCUT2D eigenvalue weighted by atomic mass is 127. The van der Waals surface area contributed by atoms with Gasteiger partial charge in [0.1, 0.15) is 6.54 Å². The Hall–Kier alpha value is -1.81. The van der Waals surface area contributed by atoms with Gasteiger partial charge in [0.05, 0.1) is 0 Å². The summed E-state index contributed by atoms with van der Waals surface area (Å²) < 4.78 is 5.36. The molecule has 0 fully saturated rings. The number of ether oxygens (including phenoxy) is 1. The maximum Gasteiger partial charge on any atom is 0.243 e. The van der Waals surface area contributed by atoms with Crippen molar-refractivity contribution in [3.63, 3.8) is 0 Å². The normalized spacial score (nSPS) is 11.2. The number of nitrogens with one attached hydrogen (secondary N) is 3. The Morgan fingerprint density at radius 2 is 1.93 bits per heavy atom. The topological polar surface area (TPSA) is 81.8 Å².